The zero-order chi connectivity index (χ0) is 24.5. The fourth-order valence-corrected chi connectivity index (χ4v) is 4.20. The quantitative estimate of drug-likeness (QED) is 0.395. The highest BCUT2D eigenvalue weighted by molar-refractivity contribution is 7.20. The van der Waals surface area contributed by atoms with Gasteiger partial charge in [-0.25, -0.2) is 9.97 Å². The maximum Gasteiger partial charge on any atom is 0.265 e. The standard InChI is InChI=1S/C26H23N5O2S/c1-15-8-9-19(30-23(32)17-6-5-7-18(10-17)26(3,4)14-27)11-20(15)31-24(33)22-12-21-25(34-22)28-13-16(2)29-21/h5-13H,1-4H3,(H,30,32)(H,31,33). The first-order valence-electron chi connectivity index (χ1n) is 10.6. The van der Waals surface area contributed by atoms with Crippen molar-refractivity contribution in [3.63, 3.8) is 0 Å². The topological polar surface area (TPSA) is 108 Å². The Hall–Kier alpha value is -4.09. The molecule has 4 rings (SSSR count). The number of carbonyl (C=O) groups excluding carboxylic acids is 2. The van der Waals surface area contributed by atoms with Crippen molar-refractivity contribution < 1.29 is 9.59 Å². The molecule has 4 aromatic rings. The second-order valence-corrected chi connectivity index (χ2v) is 9.60. The summed E-state index contributed by atoms with van der Waals surface area (Å²) in [4.78, 5) is 35.7. The maximum atomic E-state index is 12.9. The van der Waals surface area contributed by atoms with Crippen LogP contribution < -0.4 is 10.6 Å². The number of nitriles is 1. The highest BCUT2D eigenvalue weighted by Crippen LogP contribution is 2.27. The van der Waals surface area contributed by atoms with Crippen LogP contribution in [0.25, 0.3) is 10.3 Å². The number of benzene rings is 2. The second-order valence-electron chi connectivity index (χ2n) is 8.57. The zero-order valence-electron chi connectivity index (χ0n) is 19.3. The molecule has 0 bridgehead atoms. The number of amides is 2. The molecule has 170 valence electrons. The van der Waals surface area contributed by atoms with Gasteiger partial charge in [-0.3, -0.25) is 9.59 Å². The largest absolute Gasteiger partial charge is 0.322 e. The van der Waals surface area contributed by atoms with Crippen LogP contribution in [0.3, 0.4) is 0 Å². The summed E-state index contributed by atoms with van der Waals surface area (Å²) in [6.45, 7) is 7.35. The summed E-state index contributed by atoms with van der Waals surface area (Å²) in [5.41, 5.74) is 4.00. The van der Waals surface area contributed by atoms with Gasteiger partial charge in [-0.2, -0.15) is 5.26 Å². The average molecular weight is 470 g/mol. The molecular weight excluding hydrogens is 446 g/mol. The van der Waals surface area contributed by atoms with E-state index in [1.54, 1.807) is 42.6 Å². The number of anilines is 2. The van der Waals surface area contributed by atoms with E-state index in [4.69, 9.17) is 0 Å². The van der Waals surface area contributed by atoms with Gasteiger partial charge in [0.2, 0.25) is 0 Å². The van der Waals surface area contributed by atoms with Crippen molar-refractivity contribution in [2.75, 3.05) is 10.6 Å². The molecule has 0 unspecified atom stereocenters. The molecule has 8 heteroatoms. The number of fused-ring (bicyclic) bond motifs is 1. The Kier molecular flexibility index (Phi) is 6.14. The van der Waals surface area contributed by atoms with E-state index in [9.17, 15) is 14.9 Å². The minimum absolute atomic E-state index is 0.263. The van der Waals surface area contributed by atoms with E-state index >= 15 is 0 Å². The molecule has 0 spiro atoms. The Balaban J connectivity index is 1.53. The molecular formula is C26H23N5O2S. The lowest BCUT2D eigenvalue weighted by Gasteiger charge is -2.16. The summed E-state index contributed by atoms with van der Waals surface area (Å²) < 4.78 is 0. The van der Waals surface area contributed by atoms with Crippen LogP contribution in [0, 0.1) is 25.2 Å². The second kappa shape index (κ2) is 9.04. The first-order chi connectivity index (χ1) is 16.2. The molecule has 34 heavy (non-hydrogen) atoms. The van der Waals surface area contributed by atoms with Gasteiger partial charge in [-0.1, -0.05) is 18.2 Å². The molecule has 0 aliphatic carbocycles. The number of nitrogens with zero attached hydrogens (tertiary/aromatic N) is 3. The first-order valence-corrected chi connectivity index (χ1v) is 11.5. The van der Waals surface area contributed by atoms with Crippen LogP contribution in [-0.2, 0) is 5.41 Å². The molecule has 0 fully saturated rings. The summed E-state index contributed by atoms with van der Waals surface area (Å²) >= 11 is 1.28. The minimum Gasteiger partial charge on any atom is -0.322 e. The Morgan fingerprint density at radius 3 is 2.59 bits per heavy atom. The monoisotopic (exact) mass is 469 g/mol. The van der Waals surface area contributed by atoms with Gasteiger partial charge in [0.1, 0.15) is 10.3 Å². The van der Waals surface area contributed by atoms with Crippen LogP contribution in [0.5, 0.6) is 0 Å². The number of thiophene rings is 1. The lowest BCUT2D eigenvalue weighted by atomic mass is 9.85. The molecule has 0 aliphatic heterocycles. The van der Waals surface area contributed by atoms with Gasteiger partial charge in [0.05, 0.1) is 22.1 Å². The molecule has 2 amide bonds. The summed E-state index contributed by atoms with van der Waals surface area (Å²) in [6, 6.07) is 16.3. The van der Waals surface area contributed by atoms with Crippen molar-refractivity contribution in [3.05, 3.63) is 82.0 Å². The lowest BCUT2D eigenvalue weighted by Crippen LogP contribution is -2.17. The molecule has 2 heterocycles. The van der Waals surface area contributed by atoms with Gasteiger partial charge >= 0.3 is 0 Å². The van der Waals surface area contributed by atoms with Crippen LogP contribution in [-0.4, -0.2) is 21.8 Å². The van der Waals surface area contributed by atoms with E-state index in [2.05, 4.69) is 26.7 Å². The van der Waals surface area contributed by atoms with Gasteiger partial charge < -0.3 is 10.6 Å². The highest BCUT2D eigenvalue weighted by atomic mass is 32.1. The van der Waals surface area contributed by atoms with Gasteiger partial charge in [0, 0.05) is 23.1 Å². The molecule has 0 saturated heterocycles. The predicted molar refractivity (Wildman–Crippen MR) is 134 cm³/mol. The SMILES string of the molecule is Cc1cnc2sc(C(=O)Nc3cc(NC(=O)c4cccc(C(C)(C)C#N)c4)ccc3C)cc2n1. The van der Waals surface area contributed by atoms with Gasteiger partial charge in [0.15, 0.2) is 0 Å². The third-order valence-electron chi connectivity index (χ3n) is 5.45. The van der Waals surface area contributed by atoms with E-state index in [0.29, 0.717) is 32.2 Å². The van der Waals surface area contributed by atoms with Crippen LogP contribution in [0.2, 0.25) is 0 Å². The molecule has 0 atom stereocenters. The molecule has 2 N–H and O–H groups in total. The normalized spacial score (nSPS) is 11.1. The van der Waals surface area contributed by atoms with Crippen molar-refractivity contribution in [3.8, 4) is 6.07 Å². The Labute approximate surface area is 201 Å². The molecule has 2 aromatic heterocycles. The Morgan fingerprint density at radius 2 is 1.82 bits per heavy atom. The maximum absolute atomic E-state index is 12.9. The molecule has 0 radical (unpaired) electrons. The molecule has 7 nitrogen and oxygen atoms in total. The zero-order valence-corrected chi connectivity index (χ0v) is 20.1. The minimum atomic E-state index is -0.700. The van der Waals surface area contributed by atoms with E-state index in [1.807, 2.05) is 39.8 Å². The molecule has 0 saturated carbocycles. The van der Waals surface area contributed by atoms with E-state index < -0.39 is 5.41 Å². The fourth-order valence-electron chi connectivity index (χ4n) is 3.36. The van der Waals surface area contributed by atoms with Crippen molar-refractivity contribution in [2.24, 2.45) is 0 Å². The summed E-state index contributed by atoms with van der Waals surface area (Å²) in [7, 11) is 0. The summed E-state index contributed by atoms with van der Waals surface area (Å²) in [5.74, 6) is -0.561. The highest BCUT2D eigenvalue weighted by Gasteiger charge is 2.21. The number of aromatic nitrogens is 2. The lowest BCUT2D eigenvalue weighted by molar-refractivity contribution is 0.102. The van der Waals surface area contributed by atoms with Crippen molar-refractivity contribution in [2.45, 2.75) is 33.1 Å². The predicted octanol–water partition coefficient (Wildman–Crippen LogP) is 5.61. The number of carbonyl (C=O) groups is 2. The van der Waals surface area contributed by atoms with Crippen molar-refractivity contribution in [1.29, 1.82) is 5.26 Å². The Bertz CT molecular complexity index is 1470. The smallest absolute Gasteiger partial charge is 0.265 e. The van der Waals surface area contributed by atoms with Gasteiger partial charge in [-0.15, -0.1) is 11.3 Å². The average Bonchev–Trinajstić information content (AvgIpc) is 3.24. The van der Waals surface area contributed by atoms with Crippen LogP contribution in [0.15, 0.2) is 54.7 Å². The van der Waals surface area contributed by atoms with Crippen molar-refractivity contribution in [1.82, 2.24) is 9.97 Å². The van der Waals surface area contributed by atoms with Crippen LogP contribution in [0.1, 0.15) is 50.7 Å². The third kappa shape index (κ3) is 4.80. The number of aryl methyl sites for hydroxylation is 2. The fraction of sp³-hybridized carbons (Fsp3) is 0.192. The molecule has 0 aliphatic rings. The van der Waals surface area contributed by atoms with E-state index in [0.717, 1.165) is 16.8 Å². The van der Waals surface area contributed by atoms with Gasteiger partial charge in [-0.05, 0) is 69.2 Å². The number of hydrogen-bond donors (Lipinski definition) is 2. The Morgan fingerprint density at radius 1 is 1.03 bits per heavy atom. The van der Waals surface area contributed by atoms with Gasteiger partial charge in [0.25, 0.3) is 11.8 Å². The first kappa shape index (κ1) is 23.1. The molecule has 2 aromatic carbocycles. The summed E-state index contributed by atoms with van der Waals surface area (Å²) in [6.07, 6.45) is 1.67. The number of rotatable bonds is 5. The summed E-state index contributed by atoms with van der Waals surface area (Å²) in [5, 5.41) is 15.2. The third-order valence-corrected chi connectivity index (χ3v) is 6.48. The van der Waals surface area contributed by atoms with Crippen LogP contribution >= 0.6 is 11.3 Å². The van der Waals surface area contributed by atoms with E-state index in [-0.39, 0.29) is 11.8 Å². The number of nitrogens with one attached hydrogen (secondary N) is 2. The number of hydrogen-bond acceptors (Lipinski definition) is 6. The van der Waals surface area contributed by atoms with Crippen LogP contribution in [0.4, 0.5) is 11.4 Å². The van der Waals surface area contributed by atoms with Crippen molar-refractivity contribution >= 4 is 44.9 Å². The van der Waals surface area contributed by atoms with E-state index in [1.165, 1.54) is 11.3 Å².